The van der Waals surface area contributed by atoms with E-state index in [1.54, 1.807) is 24.6 Å². The summed E-state index contributed by atoms with van der Waals surface area (Å²) in [6.07, 6.45) is 10.3. The van der Waals surface area contributed by atoms with Crippen molar-refractivity contribution in [3.05, 3.63) is 11.6 Å². The van der Waals surface area contributed by atoms with E-state index in [2.05, 4.69) is 20.5 Å². The molecule has 1 amide bonds. The van der Waals surface area contributed by atoms with Crippen LogP contribution in [-0.4, -0.2) is 61.2 Å². The predicted octanol–water partition coefficient (Wildman–Crippen LogP) is 2.73. The number of ether oxygens (including phenoxy) is 1. The number of nitrogens with one attached hydrogen (secondary N) is 2. The van der Waals surface area contributed by atoms with Gasteiger partial charge in [0.25, 0.3) is 0 Å². The minimum absolute atomic E-state index is 0.0714. The van der Waals surface area contributed by atoms with Gasteiger partial charge >= 0.3 is 0 Å². The van der Waals surface area contributed by atoms with E-state index in [0.717, 1.165) is 37.0 Å². The van der Waals surface area contributed by atoms with Crippen LogP contribution in [0.2, 0.25) is 0 Å². The molecule has 0 spiro atoms. The monoisotopic (exact) mass is 380 g/mol. The van der Waals surface area contributed by atoms with Crippen molar-refractivity contribution in [2.45, 2.75) is 50.5 Å². The average Bonchev–Trinajstić information content (AvgIpc) is 3.17. The van der Waals surface area contributed by atoms with Crippen LogP contribution in [0.1, 0.15) is 44.9 Å². The molecule has 3 rings (SSSR count). The molecule has 26 heavy (non-hydrogen) atoms. The lowest BCUT2D eigenvalue weighted by atomic mass is 9.84. The van der Waals surface area contributed by atoms with Crippen molar-refractivity contribution >= 4 is 22.4 Å². The molecule has 2 N–H and O–H groups in total. The van der Waals surface area contributed by atoms with Crippen molar-refractivity contribution in [1.29, 1.82) is 0 Å². The number of hydrogen-bond donors (Lipinski definition) is 2. The van der Waals surface area contributed by atoms with E-state index >= 15 is 0 Å². The first-order chi connectivity index (χ1) is 12.7. The molecule has 146 valence electrons. The Morgan fingerprint density at radius 2 is 2.12 bits per heavy atom. The molecule has 1 aromatic heterocycles. The van der Waals surface area contributed by atoms with Gasteiger partial charge in [0.1, 0.15) is 5.54 Å². The maximum absolute atomic E-state index is 12.9. The van der Waals surface area contributed by atoms with Crippen LogP contribution in [0.25, 0.3) is 0 Å². The van der Waals surface area contributed by atoms with Gasteiger partial charge in [-0.15, -0.1) is 11.3 Å². The number of carbonyl (C=O) groups is 1. The molecular weight excluding hydrogens is 348 g/mol. The Morgan fingerprint density at radius 1 is 1.35 bits per heavy atom. The number of rotatable bonds is 8. The topological polar surface area (TPSA) is 66.5 Å². The second kappa shape index (κ2) is 9.67. The largest absolute Gasteiger partial charge is 0.383 e. The van der Waals surface area contributed by atoms with Crippen molar-refractivity contribution in [3.8, 4) is 0 Å². The van der Waals surface area contributed by atoms with Crippen molar-refractivity contribution in [1.82, 2.24) is 15.2 Å². The number of nitrogens with zero attached hydrogens (tertiary/aromatic N) is 2. The van der Waals surface area contributed by atoms with Gasteiger partial charge in [-0.3, -0.25) is 4.79 Å². The molecule has 1 aliphatic carbocycles. The second-order valence-corrected chi connectivity index (χ2v) is 8.49. The first-order valence-corrected chi connectivity index (χ1v) is 10.8. The van der Waals surface area contributed by atoms with Crippen LogP contribution in [0.3, 0.4) is 0 Å². The number of piperidine rings is 1. The van der Waals surface area contributed by atoms with E-state index in [-0.39, 0.29) is 5.91 Å². The van der Waals surface area contributed by atoms with Crippen LogP contribution in [-0.2, 0) is 9.53 Å². The molecule has 1 saturated carbocycles. The van der Waals surface area contributed by atoms with E-state index in [9.17, 15) is 4.79 Å². The summed E-state index contributed by atoms with van der Waals surface area (Å²) in [7, 11) is 1.65. The lowest BCUT2D eigenvalue weighted by molar-refractivity contribution is -0.127. The molecule has 7 heteroatoms. The Kier molecular flexibility index (Phi) is 7.28. The highest BCUT2D eigenvalue weighted by Gasteiger charge is 2.42. The van der Waals surface area contributed by atoms with E-state index in [0.29, 0.717) is 13.2 Å². The van der Waals surface area contributed by atoms with Crippen molar-refractivity contribution < 1.29 is 9.53 Å². The molecule has 1 aliphatic heterocycles. The Bertz CT molecular complexity index is 538. The third-order valence-corrected chi connectivity index (χ3v) is 6.44. The molecule has 0 unspecified atom stereocenters. The Hall–Kier alpha value is -1.18. The standard InChI is InChI=1S/C19H32N4O2S/c1-25-13-9-20-17(24)19(22-18-21-10-14-26-18)7-11-23(12-8-19)15-16-5-3-2-4-6-16/h10,14,16H,2-9,11-13,15H2,1H3,(H,20,24)(H,21,22). The Balaban J connectivity index is 1.58. The highest BCUT2D eigenvalue weighted by Crippen LogP contribution is 2.31. The van der Waals surface area contributed by atoms with E-state index in [1.165, 1.54) is 38.6 Å². The molecular formula is C19H32N4O2S. The zero-order chi connectivity index (χ0) is 18.2. The van der Waals surface area contributed by atoms with Gasteiger partial charge < -0.3 is 20.3 Å². The maximum Gasteiger partial charge on any atom is 0.245 e. The number of thiazole rings is 1. The Labute approximate surface area is 160 Å². The highest BCUT2D eigenvalue weighted by atomic mass is 32.1. The third-order valence-electron chi connectivity index (χ3n) is 5.76. The van der Waals surface area contributed by atoms with Crippen LogP contribution >= 0.6 is 11.3 Å². The molecule has 0 radical (unpaired) electrons. The first-order valence-electron chi connectivity index (χ1n) is 9.89. The average molecular weight is 381 g/mol. The number of amides is 1. The molecule has 1 aromatic rings. The molecule has 0 aromatic carbocycles. The van der Waals surface area contributed by atoms with Crippen LogP contribution in [0.4, 0.5) is 5.13 Å². The number of anilines is 1. The number of carbonyl (C=O) groups excluding carboxylic acids is 1. The number of methoxy groups -OCH3 is 1. The minimum Gasteiger partial charge on any atom is -0.383 e. The molecule has 6 nitrogen and oxygen atoms in total. The Morgan fingerprint density at radius 3 is 2.77 bits per heavy atom. The van der Waals surface area contributed by atoms with Crippen molar-refractivity contribution in [3.63, 3.8) is 0 Å². The fourth-order valence-electron chi connectivity index (χ4n) is 4.19. The molecule has 0 bridgehead atoms. The van der Waals surface area contributed by atoms with Crippen molar-refractivity contribution in [2.75, 3.05) is 45.2 Å². The molecule has 0 atom stereocenters. The van der Waals surface area contributed by atoms with Crippen LogP contribution < -0.4 is 10.6 Å². The van der Waals surface area contributed by atoms with Crippen LogP contribution in [0, 0.1) is 5.92 Å². The summed E-state index contributed by atoms with van der Waals surface area (Å²) < 4.78 is 5.07. The van der Waals surface area contributed by atoms with Gasteiger partial charge in [-0.2, -0.15) is 0 Å². The summed E-state index contributed by atoms with van der Waals surface area (Å²) in [5, 5.41) is 9.26. The zero-order valence-electron chi connectivity index (χ0n) is 15.8. The first kappa shape index (κ1) is 19.6. The van der Waals surface area contributed by atoms with Gasteiger partial charge in [0.05, 0.1) is 6.61 Å². The third kappa shape index (κ3) is 5.18. The highest BCUT2D eigenvalue weighted by molar-refractivity contribution is 7.13. The van der Waals surface area contributed by atoms with Gasteiger partial charge in [-0.25, -0.2) is 4.98 Å². The van der Waals surface area contributed by atoms with E-state index in [4.69, 9.17) is 4.74 Å². The SMILES string of the molecule is COCCNC(=O)C1(Nc2nccs2)CCN(CC2CCCCC2)CC1. The summed E-state index contributed by atoms with van der Waals surface area (Å²) in [4.78, 5) is 19.8. The summed E-state index contributed by atoms with van der Waals surface area (Å²) in [6, 6.07) is 0. The fraction of sp³-hybridized carbons (Fsp3) is 0.789. The summed E-state index contributed by atoms with van der Waals surface area (Å²) in [5.41, 5.74) is -0.561. The second-order valence-electron chi connectivity index (χ2n) is 7.60. The van der Waals surface area contributed by atoms with E-state index in [1.807, 2.05) is 5.38 Å². The lowest BCUT2D eigenvalue weighted by Crippen LogP contribution is -2.59. The van der Waals surface area contributed by atoms with Gasteiger partial charge in [-0.05, 0) is 31.6 Å². The van der Waals surface area contributed by atoms with E-state index < -0.39 is 5.54 Å². The molecule has 2 aliphatic rings. The van der Waals surface area contributed by atoms with Gasteiger partial charge in [-0.1, -0.05) is 19.3 Å². The number of likely N-dealkylation sites (tertiary alicyclic amines) is 1. The van der Waals surface area contributed by atoms with Crippen LogP contribution in [0.15, 0.2) is 11.6 Å². The molecule has 1 saturated heterocycles. The van der Waals surface area contributed by atoms with Crippen LogP contribution in [0.5, 0.6) is 0 Å². The minimum atomic E-state index is -0.561. The molecule has 2 heterocycles. The van der Waals surface area contributed by atoms with Gasteiger partial charge in [0, 0.05) is 44.9 Å². The maximum atomic E-state index is 12.9. The lowest BCUT2D eigenvalue weighted by Gasteiger charge is -2.42. The number of hydrogen-bond acceptors (Lipinski definition) is 6. The van der Waals surface area contributed by atoms with Crippen molar-refractivity contribution in [2.24, 2.45) is 5.92 Å². The zero-order valence-corrected chi connectivity index (χ0v) is 16.7. The predicted molar refractivity (Wildman–Crippen MR) is 106 cm³/mol. The smallest absolute Gasteiger partial charge is 0.245 e. The normalized spacial score (nSPS) is 21.4. The summed E-state index contributed by atoms with van der Waals surface area (Å²) >= 11 is 1.55. The number of aromatic nitrogens is 1. The quantitative estimate of drug-likeness (QED) is 0.679. The molecule has 2 fully saturated rings. The van der Waals surface area contributed by atoms with Gasteiger partial charge in [0.2, 0.25) is 5.91 Å². The summed E-state index contributed by atoms with van der Waals surface area (Å²) in [6.45, 7) is 4.20. The fourth-order valence-corrected chi connectivity index (χ4v) is 4.81. The summed E-state index contributed by atoms with van der Waals surface area (Å²) in [5.74, 6) is 0.917. The van der Waals surface area contributed by atoms with Gasteiger partial charge in [0.15, 0.2) is 5.13 Å².